The zero-order valence-corrected chi connectivity index (χ0v) is 13.3. The summed E-state index contributed by atoms with van der Waals surface area (Å²) >= 11 is 1.30. The monoisotopic (exact) mass is 340 g/mol. The Kier molecular flexibility index (Phi) is 5.11. The molecule has 0 bridgehead atoms. The second-order valence-electron chi connectivity index (χ2n) is 4.64. The minimum absolute atomic E-state index is 0.0707. The molecule has 1 amide bonds. The van der Waals surface area contributed by atoms with E-state index in [2.05, 4.69) is 10.3 Å². The number of thiazole rings is 1. The maximum Gasteiger partial charge on any atom is 0.238 e. The number of nitrogens with one attached hydrogen (secondary N) is 1. The van der Waals surface area contributed by atoms with E-state index < -0.39 is 10.0 Å². The minimum Gasteiger partial charge on any atom is -0.375 e. The summed E-state index contributed by atoms with van der Waals surface area (Å²) in [5.41, 5.74) is 7.06. The highest BCUT2D eigenvalue weighted by atomic mass is 32.2. The van der Waals surface area contributed by atoms with Crippen LogP contribution in [-0.4, -0.2) is 25.9 Å². The van der Waals surface area contributed by atoms with Gasteiger partial charge >= 0.3 is 0 Å². The number of sulfonamides is 1. The first-order valence-corrected chi connectivity index (χ1v) is 8.85. The smallest absolute Gasteiger partial charge is 0.238 e. The lowest BCUT2D eigenvalue weighted by molar-refractivity contribution is -0.120. The number of carbonyl (C=O) groups is 1. The zero-order chi connectivity index (χ0) is 16.2. The van der Waals surface area contributed by atoms with Crippen molar-refractivity contribution in [1.29, 1.82) is 0 Å². The number of nitrogens with two attached hydrogens (primary N) is 2. The Morgan fingerprint density at radius 1 is 1.27 bits per heavy atom. The molecular formula is C13H16N4O3S2. The molecule has 0 radical (unpaired) electrons. The predicted molar refractivity (Wildman–Crippen MR) is 84.8 cm³/mol. The van der Waals surface area contributed by atoms with Crippen molar-refractivity contribution in [3.05, 3.63) is 40.9 Å². The number of benzene rings is 1. The van der Waals surface area contributed by atoms with Gasteiger partial charge in [0.1, 0.15) is 0 Å². The third-order valence-corrected chi connectivity index (χ3v) is 4.55. The van der Waals surface area contributed by atoms with E-state index in [1.54, 1.807) is 17.5 Å². The van der Waals surface area contributed by atoms with Crippen LogP contribution in [0.3, 0.4) is 0 Å². The van der Waals surface area contributed by atoms with E-state index in [1.807, 2.05) is 0 Å². The fraction of sp³-hybridized carbons (Fsp3) is 0.231. The normalized spacial score (nSPS) is 11.3. The molecule has 118 valence electrons. The van der Waals surface area contributed by atoms with Crippen LogP contribution in [0.4, 0.5) is 5.13 Å². The second kappa shape index (κ2) is 6.86. The van der Waals surface area contributed by atoms with Crippen LogP contribution in [0, 0.1) is 0 Å². The summed E-state index contributed by atoms with van der Waals surface area (Å²) in [6.07, 6.45) is 0.786. The number of amides is 1. The van der Waals surface area contributed by atoms with E-state index in [0.717, 1.165) is 5.56 Å². The second-order valence-corrected chi connectivity index (χ2v) is 7.09. The summed E-state index contributed by atoms with van der Waals surface area (Å²) < 4.78 is 22.3. The van der Waals surface area contributed by atoms with Crippen LogP contribution in [-0.2, 0) is 27.7 Å². The summed E-state index contributed by atoms with van der Waals surface area (Å²) in [5, 5.41) is 9.99. The number of hydrogen-bond donors (Lipinski definition) is 3. The topological polar surface area (TPSA) is 128 Å². The van der Waals surface area contributed by atoms with Gasteiger partial charge in [0.2, 0.25) is 15.9 Å². The van der Waals surface area contributed by atoms with Crippen LogP contribution in [0.1, 0.15) is 11.3 Å². The van der Waals surface area contributed by atoms with Crippen molar-refractivity contribution in [1.82, 2.24) is 10.3 Å². The molecule has 5 N–H and O–H groups in total. The lowest BCUT2D eigenvalue weighted by atomic mass is 10.1. The van der Waals surface area contributed by atoms with E-state index in [-0.39, 0.29) is 17.2 Å². The maximum atomic E-state index is 11.7. The van der Waals surface area contributed by atoms with Gasteiger partial charge in [0.05, 0.1) is 17.0 Å². The Morgan fingerprint density at radius 2 is 1.95 bits per heavy atom. The molecule has 1 aromatic heterocycles. The Morgan fingerprint density at radius 3 is 2.50 bits per heavy atom. The van der Waals surface area contributed by atoms with Crippen molar-refractivity contribution >= 4 is 32.4 Å². The first-order valence-electron chi connectivity index (χ1n) is 6.43. The van der Waals surface area contributed by atoms with Crippen LogP contribution in [0.2, 0.25) is 0 Å². The number of rotatable bonds is 6. The molecule has 9 heteroatoms. The SMILES string of the molecule is Nc1nc(CC(=O)NCCc2ccc(S(N)(=O)=O)cc2)cs1. The van der Waals surface area contributed by atoms with Gasteiger partial charge in [-0.2, -0.15) is 0 Å². The van der Waals surface area contributed by atoms with E-state index in [4.69, 9.17) is 10.9 Å². The highest BCUT2D eigenvalue weighted by molar-refractivity contribution is 7.89. The van der Waals surface area contributed by atoms with E-state index in [9.17, 15) is 13.2 Å². The average molecular weight is 340 g/mol. The molecule has 22 heavy (non-hydrogen) atoms. The van der Waals surface area contributed by atoms with Crippen molar-refractivity contribution in [2.24, 2.45) is 5.14 Å². The van der Waals surface area contributed by atoms with Gasteiger partial charge < -0.3 is 11.1 Å². The van der Waals surface area contributed by atoms with Gasteiger partial charge in [0, 0.05) is 11.9 Å². The number of aromatic nitrogens is 1. The van der Waals surface area contributed by atoms with Gasteiger partial charge in [0.25, 0.3) is 0 Å². The van der Waals surface area contributed by atoms with Crippen molar-refractivity contribution < 1.29 is 13.2 Å². The molecule has 0 atom stereocenters. The summed E-state index contributed by atoms with van der Waals surface area (Å²) in [4.78, 5) is 15.8. The van der Waals surface area contributed by atoms with Crippen molar-refractivity contribution in [2.75, 3.05) is 12.3 Å². The van der Waals surface area contributed by atoms with Crippen molar-refractivity contribution in [2.45, 2.75) is 17.7 Å². The van der Waals surface area contributed by atoms with Gasteiger partial charge in [-0.3, -0.25) is 4.79 Å². The fourth-order valence-corrected chi connectivity index (χ4v) is 2.90. The zero-order valence-electron chi connectivity index (χ0n) is 11.7. The molecular weight excluding hydrogens is 324 g/mol. The van der Waals surface area contributed by atoms with Crippen LogP contribution in [0.25, 0.3) is 0 Å². The molecule has 2 rings (SSSR count). The molecule has 7 nitrogen and oxygen atoms in total. The number of nitrogen functional groups attached to an aromatic ring is 1. The first kappa shape index (κ1) is 16.4. The highest BCUT2D eigenvalue weighted by Gasteiger charge is 2.08. The lowest BCUT2D eigenvalue weighted by Gasteiger charge is -2.05. The standard InChI is InChI=1S/C13H16N4O3S2/c14-13-17-10(8-21-13)7-12(18)16-6-5-9-1-3-11(4-2-9)22(15,19)20/h1-4,8H,5-7H2,(H2,14,17)(H,16,18)(H2,15,19,20). The molecule has 0 aliphatic rings. The van der Waals surface area contributed by atoms with Gasteiger partial charge in [-0.15, -0.1) is 11.3 Å². The van der Waals surface area contributed by atoms with E-state index in [0.29, 0.717) is 23.8 Å². The summed E-state index contributed by atoms with van der Waals surface area (Å²) in [7, 11) is -3.67. The van der Waals surface area contributed by atoms with E-state index in [1.165, 1.54) is 23.5 Å². The molecule has 1 heterocycles. The number of nitrogens with zero attached hydrogens (tertiary/aromatic N) is 1. The Balaban J connectivity index is 1.79. The summed E-state index contributed by atoms with van der Waals surface area (Å²) in [6, 6.07) is 6.25. The van der Waals surface area contributed by atoms with Crippen LogP contribution in [0.5, 0.6) is 0 Å². The first-order chi connectivity index (χ1) is 10.3. The fourth-order valence-electron chi connectivity index (χ4n) is 1.82. The van der Waals surface area contributed by atoms with Crippen LogP contribution in [0.15, 0.2) is 34.5 Å². The lowest BCUT2D eigenvalue weighted by Crippen LogP contribution is -2.27. The highest BCUT2D eigenvalue weighted by Crippen LogP contribution is 2.11. The molecule has 0 saturated carbocycles. The average Bonchev–Trinajstić information content (AvgIpc) is 2.83. The molecule has 0 saturated heterocycles. The van der Waals surface area contributed by atoms with E-state index >= 15 is 0 Å². The largest absolute Gasteiger partial charge is 0.375 e. The number of carbonyl (C=O) groups excluding carboxylic acids is 1. The number of primary sulfonamides is 1. The molecule has 0 spiro atoms. The van der Waals surface area contributed by atoms with Crippen molar-refractivity contribution in [3.8, 4) is 0 Å². The quantitative estimate of drug-likeness (QED) is 0.695. The third-order valence-electron chi connectivity index (χ3n) is 2.90. The molecule has 0 aliphatic carbocycles. The predicted octanol–water partition coefficient (Wildman–Crippen LogP) is 0.274. The maximum absolute atomic E-state index is 11.7. The minimum atomic E-state index is -3.67. The molecule has 1 aromatic carbocycles. The molecule has 0 unspecified atom stereocenters. The van der Waals surface area contributed by atoms with Gasteiger partial charge in [-0.1, -0.05) is 12.1 Å². The molecule has 0 fully saturated rings. The molecule has 0 aliphatic heterocycles. The van der Waals surface area contributed by atoms with Crippen molar-refractivity contribution in [3.63, 3.8) is 0 Å². The summed E-state index contributed by atoms with van der Waals surface area (Å²) in [6.45, 7) is 0.452. The van der Waals surface area contributed by atoms with Crippen LogP contribution < -0.4 is 16.2 Å². The third kappa shape index (κ3) is 4.79. The Labute approximate surface area is 132 Å². The number of hydrogen-bond acceptors (Lipinski definition) is 6. The Bertz CT molecular complexity index is 754. The Hall–Kier alpha value is -1.97. The van der Waals surface area contributed by atoms with Gasteiger partial charge in [-0.25, -0.2) is 18.5 Å². The summed E-state index contributed by atoms with van der Waals surface area (Å²) in [5.74, 6) is -0.133. The van der Waals surface area contributed by atoms with Crippen LogP contribution >= 0.6 is 11.3 Å². The van der Waals surface area contributed by atoms with Gasteiger partial charge in [0.15, 0.2) is 5.13 Å². The van der Waals surface area contributed by atoms with Gasteiger partial charge in [-0.05, 0) is 24.1 Å². The molecule has 2 aromatic rings. The number of anilines is 1.